The maximum absolute atomic E-state index is 14.4. The van der Waals surface area contributed by atoms with E-state index < -0.39 is 53.3 Å². The first kappa shape index (κ1) is 47.5. The largest absolute Gasteiger partial charge is 0.444 e. The molecule has 1 aliphatic heterocycles. The number of rotatable bonds is 17. The molecule has 4 aromatic carbocycles. The highest BCUT2D eigenvalue weighted by Crippen LogP contribution is 2.27. The standard InChI is InChI=1S/C46H52Cl2F2N8O6/c1-46(2,3)64-44(62)51-19-18-37(41(59)52-27-29-10-5-4-6-11-29)54-42(60)38(25-30-14-16-35(49)36(50)24-30)55-43(61)53-31-15-17-39-40(26-31)58(28-32-33(47)12-9-13-34(32)48)45(63)57(39)23-22-56-20-7-8-21-56/h4-6,9-17,24,26,37-38H,7-8,18-23,25,27-28H2,1-3H3,(H,51,62)(H,52,59)(H,54,60)(H2,53,55,61)/t37-,38-/m0/s1. The number of hydrogen-bond donors (Lipinski definition) is 5. The summed E-state index contributed by atoms with van der Waals surface area (Å²) in [5.74, 6) is -3.66. The van der Waals surface area contributed by atoms with Crippen molar-refractivity contribution in [3.8, 4) is 0 Å². The summed E-state index contributed by atoms with van der Waals surface area (Å²) >= 11 is 13.1. The number of alkyl carbamates (subject to hydrolysis) is 1. The van der Waals surface area contributed by atoms with Gasteiger partial charge in [0.15, 0.2) is 11.6 Å². The molecule has 18 heteroatoms. The highest BCUT2D eigenvalue weighted by molar-refractivity contribution is 6.36. The minimum atomic E-state index is -1.43. The van der Waals surface area contributed by atoms with Crippen molar-refractivity contribution in [1.29, 1.82) is 0 Å². The zero-order valence-corrected chi connectivity index (χ0v) is 37.3. The minimum Gasteiger partial charge on any atom is -0.444 e. The fourth-order valence-corrected chi connectivity index (χ4v) is 7.89. The predicted molar refractivity (Wildman–Crippen MR) is 243 cm³/mol. The first-order chi connectivity index (χ1) is 30.5. The van der Waals surface area contributed by atoms with E-state index in [4.69, 9.17) is 27.9 Å². The Morgan fingerprint density at radius 1 is 0.750 bits per heavy atom. The Morgan fingerprint density at radius 3 is 2.16 bits per heavy atom. The molecule has 1 saturated heterocycles. The van der Waals surface area contributed by atoms with Crippen molar-refractivity contribution >= 4 is 63.9 Å². The molecule has 1 aliphatic rings. The zero-order valence-electron chi connectivity index (χ0n) is 35.8. The first-order valence-electron chi connectivity index (χ1n) is 21.0. The monoisotopic (exact) mass is 920 g/mol. The van der Waals surface area contributed by atoms with Gasteiger partial charge in [-0.25, -0.2) is 23.2 Å². The smallest absolute Gasteiger partial charge is 0.407 e. The maximum Gasteiger partial charge on any atom is 0.407 e. The molecule has 2 heterocycles. The summed E-state index contributed by atoms with van der Waals surface area (Å²) in [6.07, 6.45) is 1.09. The molecule has 2 atom stereocenters. The van der Waals surface area contributed by atoms with Crippen LogP contribution in [-0.2, 0) is 40.4 Å². The van der Waals surface area contributed by atoms with Gasteiger partial charge in [0.25, 0.3) is 0 Å². The van der Waals surface area contributed by atoms with E-state index in [9.17, 15) is 32.8 Å². The van der Waals surface area contributed by atoms with Crippen LogP contribution in [0.5, 0.6) is 0 Å². The van der Waals surface area contributed by atoms with Crippen LogP contribution >= 0.6 is 23.2 Å². The number of anilines is 1. The van der Waals surface area contributed by atoms with Gasteiger partial charge in [-0.3, -0.25) is 18.7 Å². The predicted octanol–water partition coefficient (Wildman–Crippen LogP) is 6.98. The van der Waals surface area contributed by atoms with Gasteiger partial charge in [-0.15, -0.1) is 0 Å². The molecule has 5 aromatic rings. The van der Waals surface area contributed by atoms with Crippen LogP contribution in [0.1, 0.15) is 56.7 Å². The number of amides is 5. The molecule has 0 bridgehead atoms. The van der Waals surface area contributed by atoms with Crippen LogP contribution < -0.4 is 32.3 Å². The number of imidazole rings is 1. The van der Waals surface area contributed by atoms with Crippen molar-refractivity contribution in [3.63, 3.8) is 0 Å². The average Bonchev–Trinajstić information content (AvgIpc) is 3.86. The number of halogens is 4. The fourth-order valence-electron chi connectivity index (χ4n) is 7.37. The van der Waals surface area contributed by atoms with Crippen molar-refractivity contribution in [2.24, 2.45) is 0 Å². The molecule has 64 heavy (non-hydrogen) atoms. The summed E-state index contributed by atoms with van der Waals surface area (Å²) in [6, 6.07) is 18.7. The van der Waals surface area contributed by atoms with E-state index in [0.717, 1.165) is 43.6 Å². The lowest BCUT2D eigenvalue weighted by Gasteiger charge is -2.24. The molecule has 5 N–H and O–H groups in total. The number of carbonyl (C=O) groups is 4. The van der Waals surface area contributed by atoms with Crippen LogP contribution in [0.4, 0.5) is 24.1 Å². The maximum atomic E-state index is 14.4. The van der Waals surface area contributed by atoms with Crippen LogP contribution in [0.3, 0.4) is 0 Å². The highest BCUT2D eigenvalue weighted by atomic mass is 35.5. The molecule has 1 fully saturated rings. The molecule has 5 amide bonds. The van der Waals surface area contributed by atoms with E-state index >= 15 is 0 Å². The number of carbonyl (C=O) groups excluding carboxylic acids is 4. The van der Waals surface area contributed by atoms with Crippen LogP contribution in [0.15, 0.2) is 89.7 Å². The van der Waals surface area contributed by atoms with Crippen molar-refractivity contribution in [2.75, 3.05) is 31.5 Å². The summed E-state index contributed by atoms with van der Waals surface area (Å²) in [4.78, 5) is 70.3. The van der Waals surface area contributed by atoms with Crippen LogP contribution in [0, 0.1) is 11.6 Å². The van der Waals surface area contributed by atoms with Gasteiger partial charge < -0.3 is 36.2 Å². The molecule has 0 radical (unpaired) electrons. The topological polar surface area (TPSA) is 168 Å². The minimum absolute atomic E-state index is 0.0457. The molecular weight excluding hydrogens is 869 g/mol. The van der Waals surface area contributed by atoms with E-state index in [2.05, 4.69) is 31.5 Å². The summed E-state index contributed by atoms with van der Waals surface area (Å²) in [5, 5.41) is 14.2. The van der Waals surface area contributed by atoms with Crippen molar-refractivity contribution in [2.45, 2.75) is 83.8 Å². The van der Waals surface area contributed by atoms with Gasteiger partial charge >= 0.3 is 17.8 Å². The zero-order chi connectivity index (χ0) is 46.0. The Bertz CT molecular complexity index is 2500. The van der Waals surface area contributed by atoms with E-state index in [1.165, 1.54) is 10.6 Å². The molecule has 0 aliphatic carbocycles. The lowest BCUT2D eigenvalue weighted by Crippen LogP contribution is -2.55. The molecule has 340 valence electrons. The Kier molecular flexibility index (Phi) is 16.0. The Hall–Kier alpha value is -5.97. The van der Waals surface area contributed by atoms with Crippen molar-refractivity contribution in [1.82, 2.24) is 35.3 Å². The Morgan fingerprint density at radius 2 is 1.47 bits per heavy atom. The molecule has 1 aromatic heterocycles. The fraction of sp³-hybridized carbons (Fsp3) is 0.370. The van der Waals surface area contributed by atoms with Crippen molar-refractivity contribution in [3.05, 3.63) is 134 Å². The summed E-state index contributed by atoms with van der Waals surface area (Å²) in [6.45, 7) is 8.21. The number of nitrogens with one attached hydrogen (secondary N) is 5. The van der Waals surface area contributed by atoms with Gasteiger partial charge in [-0.05, 0) is 107 Å². The molecular formula is C46H52Cl2F2N8O6. The van der Waals surface area contributed by atoms with Gasteiger partial charge in [0, 0.05) is 53.9 Å². The first-order valence-corrected chi connectivity index (χ1v) is 21.8. The third-order valence-corrected chi connectivity index (χ3v) is 11.3. The molecule has 0 spiro atoms. The third kappa shape index (κ3) is 13.0. The highest BCUT2D eigenvalue weighted by Gasteiger charge is 2.28. The lowest BCUT2D eigenvalue weighted by atomic mass is 10.0. The van der Waals surface area contributed by atoms with E-state index in [1.54, 1.807) is 61.7 Å². The van der Waals surface area contributed by atoms with Crippen LogP contribution in [0.25, 0.3) is 11.0 Å². The second kappa shape index (κ2) is 21.6. The van der Waals surface area contributed by atoms with E-state index in [1.807, 2.05) is 30.3 Å². The summed E-state index contributed by atoms with van der Waals surface area (Å²) < 4.78 is 36.9. The number of nitrogens with zero attached hydrogens (tertiary/aromatic N) is 3. The van der Waals surface area contributed by atoms with Gasteiger partial charge in [-0.2, -0.15) is 0 Å². The second-order valence-corrected chi connectivity index (χ2v) is 17.4. The molecule has 0 saturated carbocycles. The van der Waals surface area contributed by atoms with Crippen LogP contribution in [-0.4, -0.2) is 81.8 Å². The van der Waals surface area contributed by atoms with Crippen LogP contribution in [0.2, 0.25) is 10.0 Å². The Balaban J connectivity index is 1.24. The lowest BCUT2D eigenvalue weighted by molar-refractivity contribution is -0.130. The van der Waals surface area contributed by atoms with Crippen molar-refractivity contribution < 1.29 is 32.7 Å². The molecule has 6 rings (SSSR count). The number of fused-ring (bicyclic) bond motifs is 1. The van der Waals surface area contributed by atoms with Gasteiger partial charge in [0.05, 0.1) is 17.6 Å². The normalized spacial score (nSPS) is 13.9. The van der Waals surface area contributed by atoms with Gasteiger partial charge in [0.1, 0.15) is 17.7 Å². The van der Waals surface area contributed by atoms with E-state index in [0.29, 0.717) is 39.7 Å². The number of likely N-dealkylation sites (tertiary alicyclic amines) is 1. The van der Waals surface area contributed by atoms with E-state index in [-0.39, 0.29) is 49.4 Å². The number of benzene rings is 4. The number of aromatic nitrogens is 2. The Labute approximate surface area is 379 Å². The summed E-state index contributed by atoms with van der Waals surface area (Å²) in [5.41, 5.74) is 1.81. The third-order valence-electron chi connectivity index (χ3n) is 10.6. The summed E-state index contributed by atoms with van der Waals surface area (Å²) in [7, 11) is 0. The number of ether oxygens (including phenoxy) is 1. The van der Waals surface area contributed by atoms with Gasteiger partial charge in [0.2, 0.25) is 11.8 Å². The number of urea groups is 1. The average molecular weight is 922 g/mol. The quantitative estimate of drug-likeness (QED) is 0.0671. The SMILES string of the molecule is CC(C)(C)OC(=O)NCC[C@H](NC(=O)[C@H](Cc1ccc(F)c(F)c1)NC(=O)Nc1ccc2c(c1)n(Cc1c(Cl)cccc1Cl)c(=O)n2CCN1CCCC1)C(=O)NCc1ccccc1. The molecule has 14 nitrogen and oxygen atoms in total. The second-order valence-electron chi connectivity index (χ2n) is 16.6. The van der Waals surface area contributed by atoms with Gasteiger partial charge in [-0.1, -0.05) is 65.7 Å². The molecule has 0 unspecified atom stereocenters. The number of hydrogen-bond acceptors (Lipinski definition) is 7.